The number of esters is 1. The van der Waals surface area contributed by atoms with Crippen LogP contribution in [0.1, 0.15) is 45.2 Å². The summed E-state index contributed by atoms with van der Waals surface area (Å²) in [6, 6.07) is 11.2. The lowest BCUT2D eigenvalue weighted by atomic mass is 10.1. The van der Waals surface area contributed by atoms with E-state index in [-0.39, 0.29) is 22.1 Å². The molecule has 0 aromatic heterocycles. The molecule has 8 nitrogen and oxygen atoms in total. The minimum atomic E-state index is -3.70. The molecule has 32 heavy (non-hydrogen) atoms. The molecular formula is C23H28N2O6S. The summed E-state index contributed by atoms with van der Waals surface area (Å²) < 4.78 is 30.8. The predicted octanol–water partition coefficient (Wildman–Crippen LogP) is 2.35. The zero-order valence-corrected chi connectivity index (χ0v) is 19.5. The Morgan fingerprint density at radius 1 is 1.03 bits per heavy atom. The normalized spacial score (nSPS) is 11.3. The van der Waals surface area contributed by atoms with E-state index < -0.39 is 22.6 Å². The van der Waals surface area contributed by atoms with Crippen LogP contribution >= 0.6 is 0 Å². The van der Waals surface area contributed by atoms with Gasteiger partial charge in [-0.15, -0.1) is 0 Å². The van der Waals surface area contributed by atoms with Crippen LogP contribution in [0.3, 0.4) is 0 Å². The predicted molar refractivity (Wildman–Crippen MR) is 120 cm³/mol. The number of hydrogen-bond acceptors (Lipinski definition) is 6. The van der Waals surface area contributed by atoms with Crippen molar-refractivity contribution in [3.8, 4) is 0 Å². The van der Waals surface area contributed by atoms with Gasteiger partial charge in [0.25, 0.3) is 0 Å². The second-order valence-electron chi connectivity index (χ2n) is 7.55. The maximum absolute atomic E-state index is 12.5. The molecule has 0 aliphatic rings. The highest BCUT2D eigenvalue weighted by atomic mass is 32.2. The third kappa shape index (κ3) is 6.73. The number of benzene rings is 2. The molecule has 0 aliphatic heterocycles. The fourth-order valence-corrected chi connectivity index (χ4v) is 3.83. The molecule has 0 saturated carbocycles. The Kier molecular flexibility index (Phi) is 8.68. The maximum atomic E-state index is 12.5. The number of amides is 1. The van der Waals surface area contributed by atoms with Crippen LogP contribution in [-0.2, 0) is 26.0 Å². The fraction of sp³-hybridized carbons (Fsp3) is 0.348. The molecule has 0 fully saturated rings. The summed E-state index contributed by atoms with van der Waals surface area (Å²) in [4.78, 5) is 35.7. The van der Waals surface area contributed by atoms with Crippen molar-refractivity contribution in [2.24, 2.45) is 0 Å². The van der Waals surface area contributed by atoms with E-state index in [0.29, 0.717) is 17.7 Å². The topological polar surface area (TPSA) is 110 Å². The van der Waals surface area contributed by atoms with Crippen molar-refractivity contribution in [3.05, 3.63) is 64.7 Å². The molecular weight excluding hydrogens is 432 g/mol. The summed E-state index contributed by atoms with van der Waals surface area (Å²) in [6.07, 6.45) is 1.54. The van der Waals surface area contributed by atoms with E-state index in [0.717, 1.165) is 22.7 Å². The number of ketones is 1. The van der Waals surface area contributed by atoms with E-state index in [2.05, 4.69) is 5.32 Å². The number of Topliss-reactive ketones (excluding diaryl/α,β-unsaturated/α-hetero) is 1. The number of sulfonamides is 1. The molecule has 0 aliphatic carbocycles. The minimum absolute atomic E-state index is 0.0273. The van der Waals surface area contributed by atoms with Crippen molar-refractivity contribution in [2.45, 2.75) is 31.6 Å². The van der Waals surface area contributed by atoms with Gasteiger partial charge in [0, 0.05) is 33.1 Å². The molecule has 0 unspecified atom stereocenters. The molecule has 2 rings (SSSR count). The zero-order valence-electron chi connectivity index (χ0n) is 18.7. The number of aryl methyl sites for hydroxylation is 2. The molecule has 1 amide bonds. The van der Waals surface area contributed by atoms with Crippen molar-refractivity contribution < 1.29 is 27.5 Å². The first-order chi connectivity index (χ1) is 15.0. The highest BCUT2D eigenvalue weighted by molar-refractivity contribution is 7.89. The number of carbonyl (C=O) groups excluding carboxylic acids is 3. The summed E-state index contributed by atoms with van der Waals surface area (Å²) in [7, 11) is -0.897. The number of hydrogen-bond donors (Lipinski definition) is 1. The Hall–Kier alpha value is -3.04. The summed E-state index contributed by atoms with van der Waals surface area (Å²) in [6.45, 7) is 3.26. The standard InChI is InChI=1S/C23H28N2O6S/c1-16-7-12-20(32(29,30)25(3)4)14-21(16)23(28)31-15-22(27)19-10-8-18(9-11-19)6-5-13-24-17(2)26/h7-12,14H,5-6,13,15H2,1-4H3,(H,24,26). The zero-order chi connectivity index (χ0) is 23.9. The smallest absolute Gasteiger partial charge is 0.338 e. The van der Waals surface area contributed by atoms with E-state index in [1.54, 1.807) is 19.1 Å². The highest BCUT2D eigenvalue weighted by Crippen LogP contribution is 2.19. The van der Waals surface area contributed by atoms with Gasteiger partial charge >= 0.3 is 5.97 Å². The van der Waals surface area contributed by atoms with E-state index in [1.165, 1.54) is 39.2 Å². The van der Waals surface area contributed by atoms with Crippen molar-refractivity contribution in [2.75, 3.05) is 27.2 Å². The van der Waals surface area contributed by atoms with Crippen LogP contribution in [0.4, 0.5) is 0 Å². The molecule has 9 heteroatoms. The van der Waals surface area contributed by atoms with Gasteiger partial charge in [-0.3, -0.25) is 9.59 Å². The lowest BCUT2D eigenvalue weighted by molar-refractivity contribution is -0.118. The number of nitrogens with one attached hydrogen (secondary N) is 1. The Labute approximate surface area is 188 Å². The van der Waals surface area contributed by atoms with Crippen molar-refractivity contribution in [3.63, 3.8) is 0 Å². The van der Waals surface area contributed by atoms with Crippen LogP contribution in [0.25, 0.3) is 0 Å². The van der Waals surface area contributed by atoms with Crippen molar-refractivity contribution >= 4 is 27.7 Å². The first-order valence-corrected chi connectivity index (χ1v) is 11.5. The Morgan fingerprint density at radius 3 is 2.28 bits per heavy atom. The van der Waals surface area contributed by atoms with Gasteiger partial charge in [-0.1, -0.05) is 30.3 Å². The third-order valence-corrected chi connectivity index (χ3v) is 6.65. The van der Waals surface area contributed by atoms with Gasteiger partial charge < -0.3 is 10.1 Å². The summed E-state index contributed by atoms with van der Waals surface area (Å²) >= 11 is 0. The first kappa shape index (κ1) is 25.2. The van der Waals surface area contributed by atoms with Gasteiger partial charge in [0.15, 0.2) is 12.4 Å². The molecule has 0 spiro atoms. The average Bonchev–Trinajstić information content (AvgIpc) is 2.75. The Balaban J connectivity index is 1.98. The third-order valence-electron chi connectivity index (χ3n) is 4.83. The molecule has 0 saturated heterocycles. The SMILES string of the molecule is CC(=O)NCCCc1ccc(C(=O)COC(=O)c2cc(S(=O)(=O)N(C)C)ccc2C)cc1. The van der Waals surface area contributed by atoms with E-state index in [9.17, 15) is 22.8 Å². The van der Waals surface area contributed by atoms with Crippen LogP contribution in [-0.4, -0.2) is 57.6 Å². The molecule has 1 N–H and O–H groups in total. The highest BCUT2D eigenvalue weighted by Gasteiger charge is 2.21. The van der Waals surface area contributed by atoms with Gasteiger partial charge in [-0.2, -0.15) is 0 Å². The second-order valence-corrected chi connectivity index (χ2v) is 9.70. The quantitative estimate of drug-likeness (QED) is 0.331. The molecule has 0 bridgehead atoms. The van der Waals surface area contributed by atoms with Crippen LogP contribution < -0.4 is 5.32 Å². The average molecular weight is 461 g/mol. The number of nitrogens with zero attached hydrogens (tertiary/aromatic N) is 1. The molecule has 0 heterocycles. The summed E-state index contributed by atoms with van der Waals surface area (Å²) in [5.74, 6) is -1.19. The van der Waals surface area contributed by atoms with Crippen molar-refractivity contribution in [1.29, 1.82) is 0 Å². The molecule has 2 aromatic carbocycles. The lowest BCUT2D eigenvalue weighted by Gasteiger charge is -2.13. The molecule has 0 atom stereocenters. The minimum Gasteiger partial charge on any atom is -0.454 e. The van der Waals surface area contributed by atoms with Gasteiger partial charge in [0.2, 0.25) is 15.9 Å². The summed E-state index contributed by atoms with van der Waals surface area (Å²) in [5.41, 5.74) is 2.07. The van der Waals surface area contributed by atoms with E-state index in [1.807, 2.05) is 12.1 Å². The van der Waals surface area contributed by atoms with Crippen LogP contribution in [0.2, 0.25) is 0 Å². The van der Waals surface area contributed by atoms with Crippen LogP contribution in [0.15, 0.2) is 47.4 Å². The second kappa shape index (κ2) is 11.0. The van der Waals surface area contributed by atoms with Crippen LogP contribution in [0.5, 0.6) is 0 Å². The molecule has 2 aromatic rings. The number of ether oxygens (including phenoxy) is 1. The Morgan fingerprint density at radius 2 is 1.69 bits per heavy atom. The van der Waals surface area contributed by atoms with Crippen molar-refractivity contribution in [1.82, 2.24) is 9.62 Å². The summed E-state index contributed by atoms with van der Waals surface area (Å²) in [5, 5.41) is 2.73. The van der Waals surface area contributed by atoms with Crippen LogP contribution in [0, 0.1) is 6.92 Å². The van der Waals surface area contributed by atoms with E-state index in [4.69, 9.17) is 4.74 Å². The molecule has 0 radical (unpaired) electrons. The molecule has 172 valence electrons. The maximum Gasteiger partial charge on any atom is 0.338 e. The Bertz CT molecular complexity index is 1090. The monoisotopic (exact) mass is 460 g/mol. The number of rotatable bonds is 10. The van der Waals surface area contributed by atoms with Gasteiger partial charge in [0.05, 0.1) is 10.5 Å². The number of carbonyl (C=O) groups is 3. The fourth-order valence-electron chi connectivity index (χ4n) is 2.90. The largest absolute Gasteiger partial charge is 0.454 e. The van der Waals surface area contributed by atoms with Gasteiger partial charge in [0.1, 0.15) is 0 Å². The van der Waals surface area contributed by atoms with Gasteiger partial charge in [-0.25, -0.2) is 17.5 Å². The lowest BCUT2D eigenvalue weighted by Crippen LogP contribution is -2.23. The first-order valence-electron chi connectivity index (χ1n) is 10.1. The van der Waals surface area contributed by atoms with Gasteiger partial charge in [-0.05, 0) is 43.0 Å². The van der Waals surface area contributed by atoms with E-state index >= 15 is 0 Å².